The summed E-state index contributed by atoms with van der Waals surface area (Å²) in [7, 11) is -3.04. The van der Waals surface area contributed by atoms with Gasteiger partial charge >= 0.3 is 0 Å². The Morgan fingerprint density at radius 2 is 1.97 bits per heavy atom. The van der Waals surface area contributed by atoms with Gasteiger partial charge in [-0.2, -0.15) is 0 Å². The van der Waals surface area contributed by atoms with Gasteiger partial charge in [0, 0.05) is 36.3 Å². The van der Waals surface area contributed by atoms with Crippen LogP contribution >= 0.6 is 0 Å². The molecule has 4 heterocycles. The lowest BCUT2D eigenvalue weighted by Crippen LogP contribution is -2.50. The summed E-state index contributed by atoms with van der Waals surface area (Å²) < 4.78 is 29.9. The molecule has 1 aromatic heterocycles. The quantitative estimate of drug-likeness (QED) is 0.718. The average Bonchev–Trinajstić information content (AvgIpc) is 3.52. The highest BCUT2D eigenvalue weighted by molar-refractivity contribution is 7.91. The van der Waals surface area contributed by atoms with Gasteiger partial charge < -0.3 is 14.6 Å². The summed E-state index contributed by atoms with van der Waals surface area (Å²) in [6.45, 7) is 3.38. The van der Waals surface area contributed by atoms with Crippen molar-refractivity contribution in [3.8, 4) is 0 Å². The van der Waals surface area contributed by atoms with Crippen LogP contribution in [0.4, 0.5) is 0 Å². The normalized spacial score (nSPS) is 26.6. The monoisotopic (exact) mass is 459 g/mol. The Morgan fingerprint density at radius 1 is 1.16 bits per heavy atom. The van der Waals surface area contributed by atoms with Crippen molar-refractivity contribution < 1.29 is 17.9 Å². The Morgan fingerprint density at radius 3 is 2.69 bits per heavy atom. The van der Waals surface area contributed by atoms with Crippen LogP contribution in [0, 0.1) is 0 Å². The minimum absolute atomic E-state index is 0.0369. The van der Waals surface area contributed by atoms with Gasteiger partial charge in [0.2, 0.25) is 5.91 Å². The number of amides is 1. The molecule has 2 aromatic rings. The maximum Gasteiger partial charge on any atom is 0.237 e. The molecule has 0 aliphatic carbocycles. The van der Waals surface area contributed by atoms with Crippen molar-refractivity contribution in [1.82, 2.24) is 14.8 Å². The molecule has 0 saturated carbocycles. The molecule has 1 aromatic carbocycles. The average molecular weight is 460 g/mol. The summed E-state index contributed by atoms with van der Waals surface area (Å²) in [4.78, 5) is 20.8. The van der Waals surface area contributed by atoms with Gasteiger partial charge in [-0.15, -0.1) is 0 Å². The topological polar surface area (TPSA) is 82.7 Å². The first-order valence-corrected chi connectivity index (χ1v) is 13.7. The lowest BCUT2D eigenvalue weighted by Gasteiger charge is -2.35. The fourth-order valence-electron chi connectivity index (χ4n) is 5.60. The van der Waals surface area contributed by atoms with Crippen molar-refractivity contribution in [2.24, 2.45) is 0 Å². The fraction of sp³-hybridized carbons (Fsp3) is 0.625. The van der Waals surface area contributed by atoms with E-state index in [1.165, 1.54) is 16.5 Å². The summed E-state index contributed by atoms with van der Waals surface area (Å²) in [6, 6.07) is 8.21. The number of para-hydroxylation sites is 1. The van der Waals surface area contributed by atoms with E-state index in [1.54, 1.807) is 0 Å². The molecule has 2 atom stereocenters. The largest absolute Gasteiger partial charge is 0.376 e. The van der Waals surface area contributed by atoms with Gasteiger partial charge in [0.05, 0.1) is 24.2 Å². The second kappa shape index (κ2) is 9.15. The Hall–Kier alpha value is -1.90. The molecule has 3 aliphatic rings. The molecule has 3 aliphatic heterocycles. The Labute approximate surface area is 190 Å². The van der Waals surface area contributed by atoms with Crippen LogP contribution in [0.15, 0.2) is 30.5 Å². The number of hydrogen-bond donors (Lipinski definition) is 1. The molecule has 1 amide bonds. The number of likely N-dealkylation sites (tertiary alicyclic amines) is 1. The Kier molecular flexibility index (Phi) is 6.27. The molecule has 3 saturated heterocycles. The molecule has 0 bridgehead atoms. The van der Waals surface area contributed by atoms with Gasteiger partial charge in [0.15, 0.2) is 9.84 Å². The third-order valence-electron chi connectivity index (χ3n) is 7.40. The van der Waals surface area contributed by atoms with Crippen molar-refractivity contribution in [3.63, 3.8) is 0 Å². The molecule has 5 rings (SSSR count). The van der Waals surface area contributed by atoms with Crippen LogP contribution in [0.3, 0.4) is 0 Å². The molecule has 32 heavy (non-hydrogen) atoms. The number of rotatable bonds is 6. The molecule has 0 radical (unpaired) electrons. The number of carbonyl (C=O) groups excluding carboxylic acids is 1. The number of piperidine rings is 1. The van der Waals surface area contributed by atoms with Crippen LogP contribution in [-0.4, -0.2) is 85.5 Å². The summed E-state index contributed by atoms with van der Waals surface area (Å²) in [5.41, 5.74) is 2.55. The molecule has 1 N–H and O–H groups in total. The first-order chi connectivity index (χ1) is 15.5. The summed E-state index contributed by atoms with van der Waals surface area (Å²) in [5.74, 6) is 0.825. The van der Waals surface area contributed by atoms with Gasteiger partial charge in [-0.05, 0) is 62.7 Å². The molecular weight excluding hydrogens is 426 g/mol. The zero-order chi connectivity index (χ0) is 22.1. The van der Waals surface area contributed by atoms with E-state index in [4.69, 9.17) is 4.74 Å². The van der Waals surface area contributed by atoms with Crippen molar-refractivity contribution in [1.29, 1.82) is 0 Å². The van der Waals surface area contributed by atoms with Crippen LogP contribution in [0.25, 0.3) is 10.9 Å². The number of nitrogens with zero attached hydrogens (tertiary/aromatic N) is 2. The minimum atomic E-state index is -3.04. The SMILES string of the molecule is O=C(CN1CCC(c2c[nH]c3ccccc23)CC1)N(CC1CCCO1)C1CCS(=O)(=O)C1. The smallest absolute Gasteiger partial charge is 0.237 e. The van der Waals surface area contributed by atoms with E-state index in [0.29, 0.717) is 25.4 Å². The van der Waals surface area contributed by atoms with Crippen LogP contribution in [0.1, 0.15) is 43.6 Å². The second-order valence-corrected chi connectivity index (χ2v) is 11.8. The highest BCUT2D eigenvalue weighted by Crippen LogP contribution is 2.33. The number of benzene rings is 1. The van der Waals surface area contributed by atoms with Gasteiger partial charge in [-0.3, -0.25) is 9.69 Å². The molecule has 174 valence electrons. The van der Waals surface area contributed by atoms with Crippen LogP contribution in [-0.2, 0) is 19.4 Å². The first-order valence-electron chi connectivity index (χ1n) is 11.9. The highest BCUT2D eigenvalue weighted by atomic mass is 32.2. The van der Waals surface area contributed by atoms with Crippen LogP contribution in [0.2, 0.25) is 0 Å². The minimum Gasteiger partial charge on any atom is -0.376 e. The van der Waals surface area contributed by atoms with Crippen molar-refractivity contribution in [3.05, 3.63) is 36.0 Å². The van der Waals surface area contributed by atoms with Crippen molar-refractivity contribution in [2.45, 2.75) is 50.2 Å². The Bertz CT molecular complexity index is 1050. The number of nitrogens with one attached hydrogen (secondary N) is 1. The Balaban J connectivity index is 1.21. The summed E-state index contributed by atoms with van der Waals surface area (Å²) in [6.07, 6.45) is 6.73. The lowest BCUT2D eigenvalue weighted by molar-refractivity contribution is -0.136. The van der Waals surface area contributed by atoms with E-state index in [9.17, 15) is 13.2 Å². The van der Waals surface area contributed by atoms with Crippen molar-refractivity contribution >= 4 is 26.6 Å². The van der Waals surface area contributed by atoms with Crippen LogP contribution in [0.5, 0.6) is 0 Å². The molecule has 8 heteroatoms. The van der Waals surface area contributed by atoms with Gasteiger partial charge in [-0.25, -0.2) is 8.42 Å². The van der Waals surface area contributed by atoms with E-state index in [0.717, 1.165) is 45.4 Å². The molecule has 3 fully saturated rings. The predicted octanol–water partition coefficient (Wildman–Crippen LogP) is 2.54. The van der Waals surface area contributed by atoms with Gasteiger partial charge in [-0.1, -0.05) is 18.2 Å². The van der Waals surface area contributed by atoms with E-state index in [-0.39, 0.29) is 29.6 Å². The highest BCUT2D eigenvalue weighted by Gasteiger charge is 2.37. The van der Waals surface area contributed by atoms with E-state index in [1.807, 2.05) is 4.90 Å². The number of carbonyl (C=O) groups is 1. The number of ether oxygens (including phenoxy) is 1. The predicted molar refractivity (Wildman–Crippen MR) is 124 cm³/mol. The zero-order valence-electron chi connectivity index (χ0n) is 18.5. The standard InChI is InChI=1S/C24H33N3O4S/c28-24(27(15-20-4-3-12-31-20)19-9-13-32(29,30)17-19)16-26-10-7-18(8-11-26)22-14-25-23-6-2-1-5-21(22)23/h1-2,5-6,14,18-20,25H,3-4,7-13,15-17H2. The second-order valence-electron chi connectivity index (χ2n) is 9.58. The number of sulfone groups is 1. The van der Waals surface area contributed by atoms with E-state index in [2.05, 4.69) is 40.3 Å². The zero-order valence-corrected chi connectivity index (χ0v) is 19.4. The third-order valence-corrected chi connectivity index (χ3v) is 9.15. The number of fused-ring (bicyclic) bond motifs is 1. The molecular formula is C24H33N3O4S. The van der Waals surface area contributed by atoms with E-state index >= 15 is 0 Å². The lowest BCUT2D eigenvalue weighted by atomic mass is 9.89. The molecule has 0 spiro atoms. The number of hydrogen-bond acceptors (Lipinski definition) is 5. The number of aromatic nitrogens is 1. The van der Waals surface area contributed by atoms with Gasteiger partial charge in [0.25, 0.3) is 0 Å². The summed E-state index contributed by atoms with van der Waals surface area (Å²) >= 11 is 0. The van der Waals surface area contributed by atoms with Crippen molar-refractivity contribution in [2.75, 3.05) is 44.3 Å². The molecule has 7 nitrogen and oxygen atoms in total. The molecule has 2 unspecified atom stereocenters. The maximum absolute atomic E-state index is 13.3. The first kappa shape index (κ1) is 21.9. The number of aromatic amines is 1. The van der Waals surface area contributed by atoms with Gasteiger partial charge in [0.1, 0.15) is 0 Å². The summed E-state index contributed by atoms with van der Waals surface area (Å²) in [5, 5.41) is 1.30. The third kappa shape index (κ3) is 4.72. The maximum atomic E-state index is 13.3. The number of H-pyrrole nitrogens is 1. The van der Waals surface area contributed by atoms with E-state index < -0.39 is 9.84 Å². The fourth-order valence-corrected chi connectivity index (χ4v) is 7.33. The van der Waals surface area contributed by atoms with Crippen LogP contribution < -0.4 is 0 Å².